The van der Waals surface area contributed by atoms with Gasteiger partial charge in [0.25, 0.3) is 0 Å². The van der Waals surface area contributed by atoms with Crippen molar-refractivity contribution in [3.8, 4) is 0 Å². The zero-order valence-corrected chi connectivity index (χ0v) is 18.2. The monoisotopic (exact) mass is 465 g/mol. The van der Waals surface area contributed by atoms with Gasteiger partial charge in [0.1, 0.15) is 11.9 Å². The minimum atomic E-state index is -4.50. The highest BCUT2D eigenvalue weighted by Gasteiger charge is 2.38. The number of halogens is 4. The van der Waals surface area contributed by atoms with Crippen LogP contribution in [-0.2, 0) is 11.0 Å². The highest BCUT2D eigenvalue weighted by Crippen LogP contribution is 2.35. The van der Waals surface area contributed by atoms with E-state index in [2.05, 4.69) is 15.2 Å². The minimum absolute atomic E-state index is 0.0285. The van der Waals surface area contributed by atoms with Crippen molar-refractivity contribution >= 4 is 22.5 Å². The molecule has 0 radical (unpaired) electrons. The summed E-state index contributed by atoms with van der Waals surface area (Å²) >= 11 is 0. The number of carbonyl (C=O) groups excluding carboxylic acids is 1. The first-order valence-electron chi connectivity index (χ1n) is 11.4. The van der Waals surface area contributed by atoms with Gasteiger partial charge in [-0.25, -0.2) is 9.37 Å². The standard InChI is InChI=1S/C23H27F4N5O/c24-15-5-6-32(14-15)22(33)19-11-16(13-28-19)30-7-9-31(10-8-30)20-12-21(23(25,26)27)29-18-4-2-1-3-17(18)20/h1-4,12,15-16,19,28H,5-11,13-14H2/t15-,16+,19+/m1/s1. The maximum Gasteiger partial charge on any atom is 0.433 e. The molecular weight excluding hydrogens is 438 g/mol. The van der Waals surface area contributed by atoms with E-state index in [1.165, 1.54) is 0 Å². The third-order valence-electron chi connectivity index (χ3n) is 7.00. The van der Waals surface area contributed by atoms with E-state index in [9.17, 15) is 22.4 Å². The number of amides is 1. The molecule has 0 saturated carbocycles. The Morgan fingerprint density at radius 3 is 2.55 bits per heavy atom. The lowest BCUT2D eigenvalue weighted by atomic mass is 10.1. The molecular formula is C23H27F4N5O. The molecule has 1 N–H and O–H groups in total. The molecule has 5 rings (SSSR count). The fourth-order valence-corrected chi connectivity index (χ4v) is 5.21. The Hall–Kier alpha value is -2.46. The van der Waals surface area contributed by atoms with Crippen molar-refractivity contribution in [3.63, 3.8) is 0 Å². The zero-order valence-electron chi connectivity index (χ0n) is 18.2. The molecule has 1 amide bonds. The first-order chi connectivity index (χ1) is 15.8. The molecule has 0 bridgehead atoms. The van der Waals surface area contributed by atoms with Gasteiger partial charge < -0.3 is 15.1 Å². The Bertz CT molecular complexity index is 1020. The number of rotatable bonds is 3. The molecule has 6 nitrogen and oxygen atoms in total. The van der Waals surface area contributed by atoms with Crippen molar-refractivity contribution in [2.45, 2.75) is 37.3 Å². The topological polar surface area (TPSA) is 51.7 Å². The predicted molar refractivity (Wildman–Crippen MR) is 117 cm³/mol. The number of piperazine rings is 1. The molecule has 3 saturated heterocycles. The van der Waals surface area contributed by atoms with Gasteiger partial charge in [-0.1, -0.05) is 18.2 Å². The van der Waals surface area contributed by atoms with Gasteiger partial charge in [0.2, 0.25) is 5.91 Å². The number of aromatic nitrogens is 1. The molecule has 3 atom stereocenters. The van der Waals surface area contributed by atoms with Gasteiger partial charge >= 0.3 is 6.18 Å². The van der Waals surface area contributed by atoms with Crippen LogP contribution in [0.25, 0.3) is 10.9 Å². The molecule has 4 heterocycles. The highest BCUT2D eigenvalue weighted by molar-refractivity contribution is 5.92. The quantitative estimate of drug-likeness (QED) is 0.707. The van der Waals surface area contributed by atoms with Crippen LogP contribution in [0.4, 0.5) is 23.2 Å². The van der Waals surface area contributed by atoms with E-state index in [4.69, 9.17) is 0 Å². The number of hydrogen-bond donors (Lipinski definition) is 1. The maximum atomic E-state index is 13.5. The Morgan fingerprint density at radius 1 is 1.09 bits per heavy atom. The third-order valence-corrected chi connectivity index (χ3v) is 7.00. The van der Waals surface area contributed by atoms with Crippen LogP contribution in [0, 0.1) is 0 Å². The summed E-state index contributed by atoms with van der Waals surface area (Å²) in [6.45, 7) is 3.91. The number of nitrogens with one attached hydrogen (secondary N) is 1. The Morgan fingerprint density at radius 2 is 1.85 bits per heavy atom. The zero-order chi connectivity index (χ0) is 23.2. The van der Waals surface area contributed by atoms with Crippen molar-refractivity contribution in [1.82, 2.24) is 20.1 Å². The number of nitrogens with zero attached hydrogens (tertiary/aromatic N) is 4. The van der Waals surface area contributed by atoms with Gasteiger partial charge in [-0.05, 0) is 25.0 Å². The minimum Gasteiger partial charge on any atom is -0.368 e. The van der Waals surface area contributed by atoms with Gasteiger partial charge in [0.15, 0.2) is 0 Å². The summed E-state index contributed by atoms with van der Waals surface area (Å²) in [5, 5.41) is 4.00. The molecule has 0 aliphatic carbocycles. The van der Waals surface area contributed by atoms with Crippen LogP contribution in [0.2, 0.25) is 0 Å². The van der Waals surface area contributed by atoms with E-state index in [1.54, 1.807) is 17.0 Å². The van der Waals surface area contributed by atoms with E-state index in [0.717, 1.165) is 6.07 Å². The molecule has 1 aromatic heterocycles. The SMILES string of the molecule is O=C([C@@H]1C[C@H](N2CCN(c3cc(C(F)(F)F)nc4ccccc34)CC2)CN1)N1CC[C@@H](F)C1. The Balaban J connectivity index is 1.25. The van der Waals surface area contributed by atoms with Crippen molar-refractivity contribution in [2.75, 3.05) is 50.7 Å². The number of pyridine rings is 1. The maximum absolute atomic E-state index is 13.5. The van der Waals surface area contributed by atoms with Crippen molar-refractivity contribution in [2.24, 2.45) is 0 Å². The van der Waals surface area contributed by atoms with Crippen molar-refractivity contribution in [1.29, 1.82) is 0 Å². The largest absolute Gasteiger partial charge is 0.433 e. The second-order valence-electron chi connectivity index (χ2n) is 9.09. The lowest BCUT2D eigenvalue weighted by Crippen LogP contribution is -2.51. The number of anilines is 1. The number of carbonyl (C=O) groups is 1. The first-order valence-corrected chi connectivity index (χ1v) is 11.4. The van der Waals surface area contributed by atoms with Crippen LogP contribution < -0.4 is 10.2 Å². The molecule has 0 unspecified atom stereocenters. The van der Waals surface area contributed by atoms with E-state index >= 15 is 0 Å². The fourth-order valence-electron chi connectivity index (χ4n) is 5.21. The molecule has 3 aliphatic heterocycles. The van der Waals surface area contributed by atoms with Crippen LogP contribution in [0.1, 0.15) is 18.5 Å². The number of fused-ring (bicyclic) bond motifs is 1. The summed E-state index contributed by atoms with van der Waals surface area (Å²) in [7, 11) is 0. The first kappa shape index (κ1) is 22.3. The molecule has 3 aliphatic rings. The smallest absolute Gasteiger partial charge is 0.368 e. The van der Waals surface area contributed by atoms with E-state index in [-0.39, 0.29) is 24.5 Å². The number of hydrogen-bond acceptors (Lipinski definition) is 5. The lowest BCUT2D eigenvalue weighted by molar-refractivity contribution is -0.141. The molecule has 2 aromatic rings. The third kappa shape index (κ3) is 4.50. The number of likely N-dealkylation sites (tertiary alicyclic amines) is 1. The summed E-state index contributed by atoms with van der Waals surface area (Å²) in [6, 6.07) is 7.96. The number of benzene rings is 1. The summed E-state index contributed by atoms with van der Waals surface area (Å²) in [4.78, 5) is 22.4. The average Bonchev–Trinajstić information content (AvgIpc) is 3.47. The van der Waals surface area contributed by atoms with Gasteiger partial charge in [-0.3, -0.25) is 9.69 Å². The van der Waals surface area contributed by atoms with E-state index < -0.39 is 18.0 Å². The highest BCUT2D eigenvalue weighted by atomic mass is 19.4. The molecule has 10 heteroatoms. The fraction of sp³-hybridized carbons (Fsp3) is 0.565. The van der Waals surface area contributed by atoms with Crippen molar-refractivity contribution < 1.29 is 22.4 Å². The van der Waals surface area contributed by atoms with Gasteiger partial charge in [-0.2, -0.15) is 13.2 Å². The van der Waals surface area contributed by atoms with Gasteiger partial charge in [0, 0.05) is 56.4 Å². The number of alkyl halides is 4. The lowest BCUT2D eigenvalue weighted by Gasteiger charge is -2.39. The van der Waals surface area contributed by atoms with Crippen LogP contribution in [0.15, 0.2) is 30.3 Å². The average molecular weight is 465 g/mol. The molecule has 0 spiro atoms. The van der Waals surface area contributed by atoms with E-state index in [0.29, 0.717) is 68.7 Å². The summed E-state index contributed by atoms with van der Waals surface area (Å²) in [6.07, 6.45) is -4.36. The second-order valence-corrected chi connectivity index (χ2v) is 9.09. The second kappa shape index (κ2) is 8.72. The summed E-state index contributed by atoms with van der Waals surface area (Å²) < 4.78 is 53.7. The van der Waals surface area contributed by atoms with Crippen LogP contribution >= 0.6 is 0 Å². The normalized spacial score (nSPS) is 27.0. The molecule has 178 valence electrons. The summed E-state index contributed by atoms with van der Waals surface area (Å²) in [5.41, 5.74) is 0.0147. The molecule has 33 heavy (non-hydrogen) atoms. The predicted octanol–water partition coefficient (Wildman–Crippen LogP) is 2.68. The van der Waals surface area contributed by atoms with Crippen LogP contribution in [0.5, 0.6) is 0 Å². The molecule has 1 aromatic carbocycles. The van der Waals surface area contributed by atoms with Crippen molar-refractivity contribution in [3.05, 3.63) is 36.0 Å². The Labute approximate surface area is 189 Å². The number of para-hydroxylation sites is 1. The van der Waals surface area contributed by atoms with Gasteiger partial charge in [-0.15, -0.1) is 0 Å². The van der Waals surface area contributed by atoms with Gasteiger partial charge in [0.05, 0.1) is 18.1 Å². The molecule has 3 fully saturated rings. The van der Waals surface area contributed by atoms with Crippen LogP contribution in [-0.4, -0.2) is 84.8 Å². The Kier molecular flexibility index (Phi) is 5.90. The summed E-state index contributed by atoms with van der Waals surface area (Å²) in [5.74, 6) is -0.0285. The van der Waals surface area contributed by atoms with Crippen LogP contribution in [0.3, 0.4) is 0 Å². The van der Waals surface area contributed by atoms with E-state index in [1.807, 2.05) is 17.0 Å².